The van der Waals surface area contributed by atoms with Gasteiger partial charge in [0.05, 0.1) is 0 Å². The van der Waals surface area contributed by atoms with Gasteiger partial charge < -0.3 is 4.90 Å². The number of aromatic nitrogens is 3. The van der Waals surface area contributed by atoms with Crippen LogP contribution in [-0.4, -0.2) is 28.3 Å². The van der Waals surface area contributed by atoms with Crippen LogP contribution in [0.1, 0.15) is 46.2 Å². The third kappa shape index (κ3) is 2.71. The van der Waals surface area contributed by atoms with Crippen molar-refractivity contribution in [3.05, 3.63) is 16.0 Å². The van der Waals surface area contributed by atoms with Gasteiger partial charge in [-0.15, -0.1) is 10.2 Å². The molecule has 2 rings (SSSR count). The third-order valence-electron chi connectivity index (χ3n) is 3.48. The minimum Gasteiger partial charge on any atom is -0.341 e. The van der Waals surface area contributed by atoms with Crippen molar-refractivity contribution in [2.75, 3.05) is 18.0 Å². The zero-order valence-electron chi connectivity index (χ0n) is 11.7. The summed E-state index contributed by atoms with van der Waals surface area (Å²) in [6.45, 7) is 10.0. The summed E-state index contributed by atoms with van der Waals surface area (Å²) in [5, 5.41) is 8.28. The fourth-order valence-electron chi connectivity index (χ4n) is 2.18. The van der Waals surface area contributed by atoms with Gasteiger partial charge in [0, 0.05) is 18.5 Å². The number of H-pyrrole nitrogens is 1. The Morgan fingerprint density at radius 3 is 2.33 bits per heavy atom. The van der Waals surface area contributed by atoms with Crippen molar-refractivity contribution < 1.29 is 0 Å². The van der Waals surface area contributed by atoms with Crippen LogP contribution in [0.3, 0.4) is 0 Å². The minimum atomic E-state index is -0.268. The molecule has 1 N–H and O–H groups in total. The fraction of sp³-hybridized carbons (Fsp3) is 0.769. The van der Waals surface area contributed by atoms with E-state index >= 15 is 0 Å². The molecule has 0 radical (unpaired) electrons. The molecule has 0 aliphatic carbocycles. The van der Waals surface area contributed by atoms with Crippen LogP contribution in [0.5, 0.6) is 0 Å². The van der Waals surface area contributed by atoms with Crippen LogP contribution >= 0.6 is 0 Å². The molecule has 0 saturated carbocycles. The van der Waals surface area contributed by atoms with Crippen LogP contribution in [0.4, 0.5) is 5.95 Å². The molecule has 1 aromatic heterocycles. The number of hydrogen-bond acceptors (Lipinski definition) is 4. The first-order valence-electron chi connectivity index (χ1n) is 6.60. The topological polar surface area (TPSA) is 61.9 Å². The van der Waals surface area contributed by atoms with E-state index in [0.717, 1.165) is 31.8 Å². The van der Waals surface area contributed by atoms with Crippen LogP contribution in [0, 0.1) is 5.92 Å². The van der Waals surface area contributed by atoms with E-state index in [2.05, 4.69) is 27.0 Å². The molecule has 2 heterocycles. The second kappa shape index (κ2) is 4.71. The first-order chi connectivity index (χ1) is 8.38. The molecule has 18 heavy (non-hydrogen) atoms. The average molecular weight is 250 g/mol. The van der Waals surface area contributed by atoms with Gasteiger partial charge in [0.1, 0.15) is 5.69 Å². The number of nitrogens with zero attached hydrogens (tertiary/aromatic N) is 3. The van der Waals surface area contributed by atoms with Gasteiger partial charge in [0.25, 0.3) is 5.56 Å². The summed E-state index contributed by atoms with van der Waals surface area (Å²) in [5.41, 5.74) is 0.109. The van der Waals surface area contributed by atoms with Crippen LogP contribution < -0.4 is 10.5 Å². The number of rotatable bonds is 1. The zero-order valence-corrected chi connectivity index (χ0v) is 11.7. The Kier molecular flexibility index (Phi) is 3.41. The Morgan fingerprint density at radius 2 is 1.83 bits per heavy atom. The quantitative estimate of drug-likeness (QED) is 0.824. The summed E-state index contributed by atoms with van der Waals surface area (Å²) in [6, 6.07) is 0. The molecular weight excluding hydrogens is 228 g/mol. The van der Waals surface area contributed by atoms with E-state index in [1.54, 1.807) is 0 Å². The van der Waals surface area contributed by atoms with Crippen molar-refractivity contribution in [1.29, 1.82) is 0 Å². The summed E-state index contributed by atoms with van der Waals surface area (Å²) in [4.78, 5) is 17.0. The maximum atomic E-state index is 12.0. The van der Waals surface area contributed by atoms with Gasteiger partial charge >= 0.3 is 0 Å². The molecule has 0 bridgehead atoms. The van der Waals surface area contributed by atoms with Gasteiger partial charge in [-0.25, -0.2) is 0 Å². The lowest BCUT2D eigenvalue weighted by molar-refractivity contribution is 0.432. The first kappa shape index (κ1) is 13.1. The average Bonchev–Trinajstić information content (AvgIpc) is 2.28. The largest absolute Gasteiger partial charge is 0.341 e. The molecule has 1 saturated heterocycles. The van der Waals surface area contributed by atoms with Crippen molar-refractivity contribution >= 4 is 5.95 Å². The first-order valence-corrected chi connectivity index (χ1v) is 6.60. The van der Waals surface area contributed by atoms with E-state index in [4.69, 9.17) is 0 Å². The van der Waals surface area contributed by atoms with Gasteiger partial charge in [-0.3, -0.25) is 9.78 Å². The molecular formula is C13H22N4O. The second-order valence-corrected chi connectivity index (χ2v) is 6.25. The number of hydrogen-bond donors (Lipinski definition) is 1. The molecule has 1 aliphatic rings. The van der Waals surface area contributed by atoms with E-state index in [0.29, 0.717) is 11.6 Å². The molecule has 0 unspecified atom stereocenters. The highest BCUT2D eigenvalue weighted by Gasteiger charge is 2.23. The second-order valence-electron chi connectivity index (χ2n) is 6.25. The monoisotopic (exact) mass is 250 g/mol. The van der Waals surface area contributed by atoms with Gasteiger partial charge in [-0.1, -0.05) is 27.7 Å². The van der Waals surface area contributed by atoms with Crippen LogP contribution in [0.25, 0.3) is 0 Å². The molecule has 0 amide bonds. The molecule has 1 aromatic rings. The van der Waals surface area contributed by atoms with E-state index in [9.17, 15) is 4.79 Å². The maximum absolute atomic E-state index is 12.0. The summed E-state index contributed by atoms with van der Waals surface area (Å²) in [5.74, 6) is 1.37. The molecule has 0 aromatic carbocycles. The number of nitrogens with one attached hydrogen (secondary N) is 1. The Morgan fingerprint density at radius 1 is 1.22 bits per heavy atom. The van der Waals surface area contributed by atoms with Gasteiger partial charge in [0.2, 0.25) is 5.95 Å². The Balaban J connectivity index is 2.22. The highest BCUT2D eigenvalue weighted by Crippen LogP contribution is 2.20. The lowest BCUT2D eigenvalue weighted by Gasteiger charge is -2.30. The Hall–Kier alpha value is -1.39. The van der Waals surface area contributed by atoms with Crippen LogP contribution in [0.15, 0.2) is 4.79 Å². The number of aromatic amines is 1. The van der Waals surface area contributed by atoms with Gasteiger partial charge in [-0.05, 0) is 18.8 Å². The van der Waals surface area contributed by atoms with E-state index in [-0.39, 0.29) is 11.0 Å². The van der Waals surface area contributed by atoms with Crippen molar-refractivity contribution in [3.63, 3.8) is 0 Å². The molecule has 0 atom stereocenters. The lowest BCUT2D eigenvalue weighted by Crippen LogP contribution is -2.37. The number of piperidine rings is 1. The van der Waals surface area contributed by atoms with Gasteiger partial charge in [0.15, 0.2) is 0 Å². The highest BCUT2D eigenvalue weighted by atomic mass is 16.1. The predicted octanol–water partition coefficient (Wildman–Crippen LogP) is 1.70. The number of anilines is 1. The van der Waals surface area contributed by atoms with Crippen molar-refractivity contribution in [1.82, 2.24) is 15.2 Å². The third-order valence-corrected chi connectivity index (χ3v) is 3.48. The standard InChI is InChI=1S/C13H22N4O/c1-9-5-7-17(8-6-9)12-14-11(18)10(15-16-12)13(2,3)4/h9H,5-8H2,1-4H3,(H,14,16,18). The zero-order chi connectivity index (χ0) is 13.3. The maximum Gasteiger partial charge on any atom is 0.274 e. The summed E-state index contributed by atoms with van der Waals surface area (Å²) in [6.07, 6.45) is 2.29. The van der Waals surface area contributed by atoms with Gasteiger partial charge in [-0.2, -0.15) is 0 Å². The van der Waals surface area contributed by atoms with E-state index < -0.39 is 0 Å². The molecule has 5 nitrogen and oxygen atoms in total. The summed E-state index contributed by atoms with van der Waals surface area (Å²) in [7, 11) is 0. The Labute approximate surface area is 108 Å². The SMILES string of the molecule is CC1CCN(c2nnc(C(C)(C)C)c(=O)[nH]2)CC1. The van der Waals surface area contributed by atoms with Crippen LogP contribution in [-0.2, 0) is 5.41 Å². The normalized spacial score (nSPS) is 18.1. The molecule has 0 spiro atoms. The van der Waals surface area contributed by atoms with Crippen molar-refractivity contribution in [2.45, 2.75) is 46.0 Å². The highest BCUT2D eigenvalue weighted by molar-refractivity contribution is 5.29. The van der Waals surface area contributed by atoms with Crippen LogP contribution in [0.2, 0.25) is 0 Å². The predicted molar refractivity (Wildman–Crippen MR) is 72.0 cm³/mol. The van der Waals surface area contributed by atoms with E-state index in [1.807, 2.05) is 20.8 Å². The van der Waals surface area contributed by atoms with Crippen molar-refractivity contribution in [3.8, 4) is 0 Å². The minimum absolute atomic E-state index is 0.119. The molecule has 100 valence electrons. The van der Waals surface area contributed by atoms with Crippen molar-refractivity contribution in [2.24, 2.45) is 5.92 Å². The molecule has 5 heteroatoms. The van der Waals surface area contributed by atoms with E-state index in [1.165, 1.54) is 0 Å². The molecule has 1 aliphatic heterocycles. The fourth-order valence-corrected chi connectivity index (χ4v) is 2.18. The summed E-state index contributed by atoms with van der Waals surface area (Å²) >= 11 is 0. The summed E-state index contributed by atoms with van der Waals surface area (Å²) < 4.78 is 0. The smallest absolute Gasteiger partial charge is 0.274 e. The molecule has 1 fully saturated rings. The Bertz CT molecular complexity index is 467. The lowest BCUT2D eigenvalue weighted by atomic mass is 9.93.